The molecule has 0 amide bonds. The number of benzene rings is 2. The standard InChI is InChI=1S/C24H29ClN4O/c1-24(2,16-19-11-7-4-8-12-19)29-21-17-27-22(23(25)28-21)20(26-13-14-30)15-18-9-5-3-6-10-18/h3-12,17,20,26,30H,13-16H2,1-2H3,(H,28,29). The smallest absolute Gasteiger partial charge is 0.154 e. The lowest BCUT2D eigenvalue weighted by Gasteiger charge is -2.27. The van der Waals surface area contributed by atoms with E-state index in [9.17, 15) is 5.11 Å². The van der Waals surface area contributed by atoms with Crippen molar-refractivity contribution in [3.05, 3.63) is 88.8 Å². The second kappa shape index (κ2) is 10.5. The Morgan fingerprint density at radius 1 is 1.00 bits per heavy atom. The Bertz CT molecular complexity index is 919. The summed E-state index contributed by atoms with van der Waals surface area (Å²) in [5, 5.41) is 16.4. The quantitative estimate of drug-likeness (QED) is 0.449. The van der Waals surface area contributed by atoms with Gasteiger partial charge < -0.3 is 15.7 Å². The molecule has 1 heterocycles. The predicted octanol–water partition coefficient (Wildman–Crippen LogP) is 4.43. The van der Waals surface area contributed by atoms with E-state index >= 15 is 0 Å². The summed E-state index contributed by atoms with van der Waals surface area (Å²) in [6.07, 6.45) is 3.29. The molecule has 1 unspecified atom stereocenters. The third kappa shape index (κ3) is 6.52. The largest absolute Gasteiger partial charge is 0.395 e. The van der Waals surface area contributed by atoms with Gasteiger partial charge in [0.05, 0.1) is 24.5 Å². The van der Waals surface area contributed by atoms with Gasteiger partial charge in [-0.2, -0.15) is 0 Å². The van der Waals surface area contributed by atoms with Crippen molar-refractivity contribution in [3.8, 4) is 0 Å². The van der Waals surface area contributed by atoms with Crippen molar-refractivity contribution in [2.45, 2.75) is 38.3 Å². The molecule has 30 heavy (non-hydrogen) atoms. The Morgan fingerprint density at radius 2 is 1.63 bits per heavy atom. The van der Waals surface area contributed by atoms with Crippen LogP contribution in [0.4, 0.5) is 5.82 Å². The predicted molar refractivity (Wildman–Crippen MR) is 123 cm³/mol. The van der Waals surface area contributed by atoms with Gasteiger partial charge in [-0.05, 0) is 37.8 Å². The summed E-state index contributed by atoms with van der Waals surface area (Å²) >= 11 is 6.54. The Morgan fingerprint density at radius 3 is 2.23 bits per heavy atom. The van der Waals surface area contributed by atoms with Crippen LogP contribution < -0.4 is 10.6 Å². The van der Waals surface area contributed by atoms with E-state index in [-0.39, 0.29) is 18.2 Å². The number of hydrogen-bond acceptors (Lipinski definition) is 5. The average Bonchev–Trinajstić information content (AvgIpc) is 2.72. The lowest BCUT2D eigenvalue weighted by Crippen LogP contribution is -2.34. The van der Waals surface area contributed by atoms with Crippen LogP contribution in [0.1, 0.15) is 36.7 Å². The van der Waals surface area contributed by atoms with Crippen LogP contribution >= 0.6 is 11.6 Å². The summed E-state index contributed by atoms with van der Waals surface area (Å²) < 4.78 is 0. The molecular formula is C24H29ClN4O. The first-order valence-corrected chi connectivity index (χ1v) is 10.6. The number of aromatic nitrogens is 2. The number of aliphatic hydroxyl groups excluding tert-OH is 1. The highest BCUT2D eigenvalue weighted by Crippen LogP contribution is 2.25. The number of nitrogens with one attached hydrogen (secondary N) is 2. The Hall–Kier alpha value is -2.47. The fourth-order valence-corrected chi connectivity index (χ4v) is 3.79. The molecule has 5 nitrogen and oxygen atoms in total. The van der Waals surface area contributed by atoms with Crippen molar-refractivity contribution in [1.29, 1.82) is 0 Å². The van der Waals surface area contributed by atoms with E-state index < -0.39 is 0 Å². The molecule has 0 bridgehead atoms. The van der Waals surface area contributed by atoms with Gasteiger partial charge in [-0.15, -0.1) is 0 Å². The van der Waals surface area contributed by atoms with Crippen LogP contribution in [-0.4, -0.2) is 33.8 Å². The minimum Gasteiger partial charge on any atom is -0.395 e. The first-order chi connectivity index (χ1) is 14.5. The molecule has 158 valence electrons. The summed E-state index contributed by atoms with van der Waals surface area (Å²) in [4.78, 5) is 9.18. The Labute approximate surface area is 183 Å². The maximum atomic E-state index is 9.25. The third-order valence-electron chi connectivity index (χ3n) is 4.83. The maximum Gasteiger partial charge on any atom is 0.154 e. The molecule has 1 atom stereocenters. The Kier molecular flexibility index (Phi) is 7.80. The second-order valence-electron chi connectivity index (χ2n) is 8.02. The summed E-state index contributed by atoms with van der Waals surface area (Å²) in [5.74, 6) is 0.644. The zero-order valence-corrected chi connectivity index (χ0v) is 18.2. The van der Waals surface area contributed by atoms with Crippen molar-refractivity contribution in [1.82, 2.24) is 15.3 Å². The van der Waals surface area contributed by atoms with Gasteiger partial charge in [0.25, 0.3) is 0 Å². The van der Waals surface area contributed by atoms with Gasteiger partial charge in [0, 0.05) is 12.1 Å². The molecule has 0 aliphatic carbocycles. The van der Waals surface area contributed by atoms with E-state index in [4.69, 9.17) is 11.6 Å². The SMILES string of the molecule is CC(C)(Cc1ccccc1)Nc1cnc(C(Cc2ccccc2)NCCO)c(Cl)n1. The summed E-state index contributed by atoms with van der Waals surface area (Å²) in [7, 11) is 0. The minimum absolute atomic E-state index is 0.0453. The topological polar surface area (TPSA) is 70.1 Å². The average molecular weight is 425 g/mol. The van der Waals surface area contributed by atoms with Gasteiger partial charge in [0.2, 0.25) is 0 Å². The number of aliphatic hydroxyl groups is 1. The molecule has 2 aromatic carbocycles. The normalized spacial score (nSPS) is 12.5. The second-order valence-corrected chi connectivity index (χ2v) is 8.38. The molecule has 0 aliphatic rings. The zero-order valence-electron chi connectivity index (χ0n) is 17.5. The van der Waals surface area contributed by atoms with Crippen molar-refractivity contribution in [2.24, 2.45) is 0 Å². The third-order valence-corrected chi connectivity index (χ3v) is 5.10. The van der Waals surface area contributed by atoms with Crippen LogP contribution in [0.3, 0.4) is 0 Å². The van der Waals surface area contributed by atoms with Crippen molar-refractivity contribution < 1.29 is 5.11 Å². The molecule has 0 fully saturated rings. The molecular weight excluding hydrogens is 396 g/mol. The van der Waals surface area contributed by atoms with Gasteiger partial charge in [0.1, 0.15) is 5.82 Å². The van der Waals surface area contributed by atoms with E-state index in [1.54, 1.807) is 6.20 Å². The lowest BCUT2D eigenvalue weighted by molar-refractivity contribution is 0.283. The highest BCUT2D eigenvalue weighted by atomic mass is 35.5. The number of nitrogens with zero attached hydrogens (tertiary/aromatic N) is 2. The molecule has 1 aromatic heterocycles. The van der Waals surface area contributed by atoms with E-state index in [1.165, 1.54) is 5.56 Å². The molecule has 6 heteroatoms. The molecule has 0 aliphatic heterocycles. The maximum absolute atomic E-state index is 9.25. The molecule has 0 saturated heterocycles. The number of anilines is 1. The van der Waals surface area contributed by atoms with Crippen molar-refractivity contribution in [3.63, 3.8) is 0 Å². The van der Waals surface area contributed by atoms with Gasteiger partial charge in [0.15, 0.2) is 5.15 Å². The van der Waals surface area contributed by atoms with E-state index in [2.05, 4.69) is 58.7 Å². The summed E-state index contributed by atoms with van der Waals surface area (Å²) in [6, 6.07) is 20.3. The van der Waals surface area contributed by atoms with E-state index in [0.717, 1.165) is 12.0 Å². The van der Waals surface area contributed by atoms with E-state index in [1.807, 2.05) is 36.4 Å². The molecule has 0 radical (unpaired) electrons. The first-order valence-electron chi connectivity index (χ1n) is 10.2. The summed E-state index contributed by atoms with van der Waals surface area (Å²) in [5.41, 5.74) is 2.89. The van der Waals surface area contributed by atoms with Crippen molar-refractivity contribution in [2.75, 3.05) is 18.5 Å². The van der Waals surface area contributed by atoms with Crippen LogP contribution in [0.2, 0.25) is 5.15 Å². The van der Waals surface area contributed by atoms with Crippen LogP contribution in [0.15, 0.2) is 66.9 Å². The first kappa shape index (κ1) is 22.2. The Balaban J connectivity index is 1.74. The van der Waals surface area contributed by atoms with Crippen molar-refractivity contribution >= 4 is 17.4 Å². The van der Waals surface area contributed by atoms with Gasteiger partial charge in [-0.25, -0.2) is 4.98 Å². The number of halogens is 1. The van der Waals surface area contributed by atoms with Gasteiger partial charge >= 0.3 is 0 Å². The molecule has 0 spiro atoms. The highest BCUT2D eigenvalue weighted by molar-refractivity contribution is 6.30. The molecule has 3 N–H and O–H groups in total. The number of hydrogen-bond donors (Lipinski definition) is 3. The molecule has 0 saturated carbocycles. The monoisotopic (exact) mass is 424 g/mol. The lowest BCUT2D eigenvalue weighted by atomic mass is 9.95. The van der Waals surface area contributed by atoms with Gasteiger partial charge in [-0.1, -0.05) is 72.3 Å². The fourth-order valence-electron chi connectivity index (χ4n) is 3.52. The van der Waals surface area contributed by atoms with Crippen LogP contribution in [-0.2, 0) is 12.8 Å². The zero-order chi connectivity index (χ0) is 21.4. The van der Waals surface area contributed by atoms with Crippen LogP contribution in [0.25, 0.3) is 0 Å². The van der Waals surface area contributed by atoms with Crippen LogP contribution in [0, 0.1) is 0 Å². The molecule has 3 aromatic rings. The van der Waals surface area contributed by atoms with E-state index in [0.29, 0.717) is 29.6 Å². The van der Waals surface area contributed by atoms with Gasteiger partial charge in [-0.3, -0.25) is 4.98 Å². The fraction of sp³-hybridized carbons (Fsp3) is 0.333. The summed E-state index contributed by atoms with van der Waals surface area (Å²) in [6.45, 7) is 4.76. The van der Waals surface area contributed by atoms with Crippen LogP contribution in [0.5, 0.6) is 0 Å². The number of rotatable bonds is 10. The molecule has 3 rings (SSSR count). The minimum atomic E-state index is -0.209. The highest BCUT2D eigenvalue weighted by Gasteiger charge is 2.22.